The van der Waals surface area contributed by atoms with Gasteiger partial charge in [0, 0.05) is 11.6 Å². The molecule has 0 spiro atoms. The number of hydrogen-bond acceptors (Lipinski definition) is 4. The summed E-state index contributed by atoms with van der Waals surface area (Å²) < 4.78 is 19.8. The predicted octanol–water partition coefficient (Wildman–Crippen LogP) is 4.22. The van der Waals surface area contributed by atoms with Gasteiger partial charge in [0.25, 0.3) is 0 Å². The van der Waals surface area contributed by atoms with Gasteiger partial charge < -0.3 is 4.74 Å². The standard InChI is InChI=1S/C20H19FN4O/c1-12-6-4-5-7-15(12)19-23-14(3)18-13(2)22-16-8-9-17(26-11-10-21)24-20(16)25(18)19/h4-9H,10-11H2,1-3H3. The molecule has 1 aromatic carbocycles. The van der Waals surface area contributed by atoms with Gasteiger partial charge in [-0.2, -0.15) is 4.98 Å². The fourth-order valence-electron chi connectivity index (χ4n) is 3.30. The molecule has 0 unspecified atom stereocenters. The van der Waals surface area contributed by atoms with E-state index in [0.717, 1.165) is 39.4 Å². The van der Waals surface area contributed by atoms with Gasteiger partial charge in [-0.15, -0.1) is 0 Å². The zero-order chi connectivity index (χ0) is 18.3. The molecule has 6 heteroatoms. The molecule has 5 nitrogen and oxygen atoms in total. The molecule has 0 saturated carbocycles. The molecule has 0 radical (unpaired) electrons. The number of ether oxygens (including phenoxy) is 1. The molecule has 4 rings (SSSR count). The second-order valence-electron chi connectivity index (χ2n) is 6.25. The Balaban J connectivity index is 2.08. The van der Waals surface area contributed by atoms with Gasteiger partial charge >= 0.3 is 0 Å². The van der Waals surface area contributed by atoms with E-state index in [2.05, 4.69) is 29.0 Å². The molecule has 0 aliphatic heterocycles. The number of imidazole rings is 1. The molecule has 0 bridgehead atoms. The summed E-state index contributed by atoms with van der Waals surface area (Å²) in [6, 6.07) is 11.7. The summed E-state index contributed by atoms with van der Waals surface area (Å²) in [7, 11) is 0. The Morgan fingerprint density at radius 2 is 1.73 bits per heavy atom. The van der Waals surface area contributed by atoms with Crippen LogP contribution in [0.15, 0.2) is 36.4 Å². The lowest BCUT2D eigenvalue weighted by atomic mass is 10.1. The fourth-order valence-corrected chi connectivity index (χ4v) is 3.30. The van der Waals surface area contributed by atoms with Crippen molar-refractivity contribution < 1.29 is 9.13 Å². The van der Waals surface area contributed by atoms with Crippen molar-refractivity contribution in [2.24, 2.45) is 0 Å². The molecule has 3 aromatic heterocycles. The van der Waals surface area contributed by atoms with E-state index in [1.54, 1.807) is 6.07 Å². The van der Waals surface area contributed by atoms with Crippen molar-refractivity contribution in [2.45, 2.75) is 20.8 Å². The van der Waals surface area contributed by atoms with Crippen LogP contribution in [0.25, 0.3) is 28.1 Å². The van der Waals surface area contributed by atoms with Gasteiger partial charge in [0.05, 0.1) is 16.9 Å². The Kier molecular flexibility index (Phi) is 4.03. The maximum atomic E-state index is 12.5. The SMILES string of the molecule is Cc1ccccc1-c1nc(C)c2c(C)nc3ccc(OCCF)nc3n12. The summed E-state index contributed by atoms with van der Waals surface area (Å²) >= 11 is 0. The number of pyridine rings is 1. The lowest BCUT2D eigenvalue weighted by molar-refractivity contribution is 0.265. The quantitative estimate of drug-likeness (QED) is 0.553. The topological polar surface area (TPSA) is 52.3 Å². The average molecular weight is 350 g/mol. The van der Waals surface area contributed by atoms with Crippen molar-refractivity contribution in [3.8, 4) is 17.3 Å². The first-order chi connectivity index (χ1) is 12.6. The average Bonchev–Trinajstić information content (AvgIpc) is 2.99. The summed E-state index contributed by atoms with van der Waals surface area (Å²) in [5.74, 6) is 1.20. The molecule has 4 aromatic rings. The van der Waals surface area contributed by atoms with Crippen molar-refractivity contribution in [1.29, 1.82) is 0 Å². The predicted molar refractivity (Wildman–Crippen MR) is 99.4 cm³/mol. The summed E-state index contributed by atoms with van der Waals surface area (Å²) in [6.45, 7) is 5.43. The highest BCUT2D eigenvalue weighted by Gasteiger charge is 2.18. The van der Waals surface area contributed by atoms with E-state index in [4.69, 9.17) is 9.72 Å². The molecular weight excluding hydrogens is 331 g/mol. The Morgan fingerprint density at radius 3 is 2.50 bits per heavy atom. The van der Waals surface area contributed by atoms with Crippen LogP contribution >= 0.6 is 0 Å². The molecule has 0 amide bonds. The van der Waals surface area contributed by atoms with E-state index in [9.17, 15) is 4.39 Å². The number of aromatic nitrogens is 4. The molecule has 0 atom stereocenters. The van der Waals surface area contributed by atoms with Crippen LogP contribution in [0.1, 0.15) is 17.0 Å². The zero-order valence-corrected chi connectivity index (χ0v) is 15.0. The van der Waals surface area contributed by atoms with Gasteiger partial charge in [0.1, 0.15) is 24.6 Å². The van der Waals surface area contributed by atoms with E-state index >= 15 is 0 Å². The third-order valence-corrected chi connectivity index (χ3v) is 4.44. The Bertz CT molecular complexity index is 1120. The highest BCUT2D eigenvalue weighted by Crippen LogP contribution is 2.30. The van der Waals surface area contributed by atoms with Crippen LogP contribution in [0.5, 0.6) is 5.88 Å². The van der Waals surface area contributed by atoms with Crippen LogP contribution in [0.3, 0.4) is 0 Å². The van der Waals surface area contributed by atoms with Gasteiger partial charge in [-0.25, -0.2) is 14.4 Å². The number of hydrogen-bond donors (Lipinski definition) is 0. The van der Waals surface area contributed by atoms with Crippen molar-refractivity contribution in [2.75, 3.05) is 13.3 Å². The van der Waals surface area contributed by atoms with E-state index in [1.807, 2.05) is 36.4 Å². The summed E-state index contributed by atoms with van der Waals surface area (Å²) in [6.07, 6.45) is 0. The first kappa shape index (κ1) is 16.4. The van der Waals surface area contributed by atoms with Gasteiger partial charge in [-0.1, -0.05) is 24.3 Å². The largest absolute Gasteiger partial charge is 0.475 e. The molecule has 132 valence electrons. The van der Waals surface area contributed by atoms with E-state index in [1.165, 1.54) is 0 Å². The van der Waals surface area contributed by atoms with Gasteiger partial charge in [0.2, 0.25) is 5.88 Å². The van der Waals surface area contributed by atoms with Crippen LogP contribution in [-0.4, -0.2) is 32.6 Å². The number of nitrogens with zero attached hydrogens (tertiary/aromatic N) is 4. The van der Waals surface area contributed by atoms with E-state index in [0.29, 0.717) is 11.5 Å². The van der Waals surface area contributed by atoms with E-state index in [-0.39, 0.29) is 6.61 Å². The third kappa shape index (κ3) is 2.58. The second-order valence-corrected chi connectivity index (χ2v) is 6.25. The molecule has 0 fully saturated rings. The first-order valence-electron chi connectivity index (χ1n) is 8.51. The number of halogens is 1. The van der Waals surface area contributed by atoms with Crippen molar-refractivity contribution in [1.82, 2.24) is 19.4 Å². The van der Waals surface area contributed by atoms with Crippen molar-refractivity contribution in [3.63, 3.8) is 0 Å². The molecule has 0 saturated heterocycles. The Morgan fingerprint density at radius 1 is 0.962 bits per heavy atom. The van der Waals surface area contributed by atoms with Crippen LogP contribution in [-0.2, 0) is 0 Å². The second kappa shape index (κ2) is 6.37. The number of alkyl halides is 1. The van der Waals surface area contributed by atoms with Crippen LogP contribution < -0.4 is 4.74 Å². The van der Waals surface area contributed by atoms with Crippen LogP contribution in [0.4, 0.5) is 4.39 Å². The molecule has 26 heavy (non-hydrogen) atoms. The minimum Gasteiger partial charge on any atom is -0.475 e. The summed E-state index contributed by atoms with van der Waals surface area (Å²) in [5.41, 5.74) is 6.29. The minimum absolute atomic E-state index is 0.0193. The van der Waals surface area contributed by atoms with Gasteiger partial charge in [-0.3, -0.25) is 4.40 Å². The minimum atomic E-state index is -0.556. The number of benzene rings is 1. The summed E-state index contributed by atoms with van der Waals surface area (Å²) in [4.78, 5) is 14.1. The van der Waals surface area contributed by atoms with Crippen LogP contribution in [0, 0.1) is 20.8 Å². The third-order valence-electron chi connectivity index (χ3n) is 4.44. The molecular formula is C20H19FN4O. The van der Waals surface area contributed by atoms with Gasteiger partial charge in [0.15, 0.2) is 5.65 Å². The Labute approximate surface area is 150 Å². The molecule has 0 aliphatic rings. The highest BCUT2D eigenvalue weighted by molar-refractivity contribution is 5.81. The van der Waals surface area contributed by atoms with E-state index < -0.39 is 6.67 Å². The summed E-state index contributed by atoms with van der Waals surface area (Å²) in [5, 5.41) is 0. The number of fused-ring (bicyclic) bond motifs is 3. The maximum Gasteiger partial charge on any atom is 0.215 e. The first-order valence-corrected chi connectivity index (χ1v) is 8.51. The maximum absolute atomic E-state index is 12.5. The lowest BCUT2D eigenvalue weighted by Gasteiger charge is -2.10. The smallest absolute Gasteiger partial charge is 0.215 e. The molecule has 0 N–H and O–H groups in total. The van der Waals surface area contributed by atoms with Gasteiger partial charge in [-0.05, 0) is 32.4 Å². The fraction of sp³-hybridized carbons (Fsp3) is 0.250. The molecule has 3 heterocycles. The lowest BCUT2D eigenvalue weighted by Crippen LogP contribution is -2.04. The monoisotopic (exact) mass is 350 g/mol. The Hall–Kier alpha value is -3.02. The van der Waals surface area contributed by atoms with Crippen LogP contribution in [0.2, 0.25) is 0 Å². The highest BCUT2D eigenvalue weighted by atomic mass is 19.1. The normalized spacial score (nSPS) is 11.4. The zero-order valence-electron chi connectivity index (χ0n) is 15.0. The number of aryl methyl sites for hydroxylation is 3. The van der Waals surface area contributed by atoms with Crippen molar-refractivity contribution in [3.05, 3.63) is 53.3 Å². The van der Waals surface area contributed by atoms with Crippen molar-refractivity contribution >= 4 is 16.7 Å². The molecule has 0 aliphatic carbocycles. The number of rotatable bonds is 4.